The molecule has 3 aromatic heterocycles. The number of furan rings is 1. The number of morpholine rings is 1. The zero-order valence-corrected chi connectivity index (χ0v) is 20.5. The Bertz CT molecular complexity index is 1320. The fourth-order valence-corrected chi connectivity index (χ4v) is 5.18. The molecule has 36 heavy (non-hydrogen) atoms. The van der Waals surface area contributed by atoms with E-state index < -0.39 is 0 Å². The number of rotatable bonds is 5. The highest BCUT2D eigenvalue weighted by Gasteiger charge is 2.27. The SMILES string of the molecule is CC1CN(c2ncc(CN3CCN(c4ccccc4F)CC3)c3nc(-c4ccco4)nn23)CC(C)O1. The molecule has 0 N–H and O–H groups in total. The summed E-state index contributed by atoms with van der Waals surface area (Å²) in [6.45, 7) is 9.47. The molecule has 0 amide bonds. The zero-order valence-electron chi connectivity index (χ0n) is 20.5. The minimum absolute atomic E-state index is 0.101. The summed E-state index contributed by atoms with van der Waals surface area (Å²) in [4.78, 5) is 16.4. The number of fused-ring (bicyclic) bond motifs is 1. The summed E-state index contributed by atoms with van der Waals surface area (Å²) >= 11 is 0. The molecule has 6 rings (SSSR count). The molecule has 2 atom stereocenters. The van der Waals surface area contributed by atoms with E-state index in [1.54, 1.807) is 12.3 Å². The molecule has 0 spiro atoms. The van der Waals surface area contributed by atoms with Crippen molar-refractivity contribution in [1.82, 2.24) is 24.5 Å². The standard InChI is InChI=1S/C26H30FN7O2/c1-18-15-33(16-19(2)36-18)26-28-14-20(25-29-24(30-34(25)26)23-8-5-13-35-23)17-31-9-11-32(12-10-31)22-7-4-3-6-21(22)27/h3-8,13-14,18-19H,9-12,15-17H2,1-2H3. The van der Waals surface area contributed by atoms with Crippen LogP contribution in [0.3, 0.4) is 0 Å². The molecule has 4 aromatic rings. The smallest absolute Gasteiger partial charge is 0.228 e. The van der Waals surface area contributed by atoms with Crippen LogP contribution >= 0.6 is 0 Å². The van der Waals surface area contributed by atoms with Crippen LogP contribution in [0.1, 0.15) is 19.4 Å². The summed E-state index contributed by atoms with van der Waals surface area (Å²) in [5, 5.41) is 4.79. The predicted octanol–water partition coefficient (Wildman–Crippen LogP) is 3.46. The quantitative estimate of drug-likeness (QED) is 0.420. The summed E-state index contributed by atoms with van der Waals surface area (Å²) in [5.41, 5.74) is 2.44. The Balaban J connectivity index is 1.27. The molecule has 188 valence electrons. The minimum Gasteiger partial charge on any atom is -0.461 e. The highest BCUT2D eigenvalue weighted by molar-refractivity contribution is 5.58. The first kappa shape index (κ1) is 22.9. The number of hydrogen-bond donors (Lipinski definition) is 0. The van der Waals surface area contributed by atoms with Crippen LogP contribution in [0, 0.1) is 5.82 Å². The van der Waals surface area contributed by atoms with E-state index >= 15 is 0 Å². The van der Waals surface area contributed by atoms with Gasteiger partial charge in [-0.25, -0.2) is 14.4 Å². The number of ether oxygens (including phenoxy) is 1. The maximum Gasteiger partial charge on any atom is 0.228 e. The maximum absolute atomic E-state index is 14.3. The van der Waals surface area contributed by atoms with Crippen LogP contribution < -0.4 is 9.80 Å². The molecular weight excluding hydrogens is 461 g/mol. The van der Waals surface area contributed by atoms with Gasteiger partial charge in [0.05, 0.1) is 24.2 Å². The third-order valence-electron chi connectivity index (χ3n) is 6.82. The van der Waals surface area contributed by atoms with E-state index in [1.807, 2.05) is 35.0 Å². The molecule has 2 aliphatic rings. The third kappa shape index (κ3) is 4.42. The number of anilines is 2. The molecule has 0 bridgehead atoms. The Hall–Kier alpha value is -3.50. The number of piperazine rings is 1. The van der Waals surface area contributed by atoms with Crippen molar-refractivity contribution >= 4 is 17.3 Å². The summed E-state index contributed by atoms with van der Waals surface area (Å²) in [6.07, 6.45) is 3.74. The van der Waals surface area contributed by atoms with E-state index in [0.717, 1.165) is 56.4 Å². The monoisotopic (exact) mass is 491 g/mol. The van der Waals surface area contributed by atoms with Gasteiger partial charge in [-0.3, -0.25) is 4.90 Å². The van der Waals surface area contributed by atoms with Crippen molar-refractivity contribution in [3.05, 3.63) is 60.2 Å². The normalized spacial score (nSPS) is 21.4. The van der Waals surface area contributed by atoms with Crippen molar-refractivity contribution < 1.29 is 13.5 Å². The minimum atomic E-state index is -0.173. The van der Waals surface area contributed by atoms with Gasteiger partial charge >= 0.3 is 0 Å². The van der Waals surface area contributed by atoms with Crippen molar-refractivity contribution in [2.24, 2.45) is 0 Å². The van der Waals surface area contributed by atoms with E-state index in [-0.39, 0.29) is 18.0 Å². The zero-order chi connectivity index (χ0) is 24.6. The number of hydrogen-bond acceptors (Lipinski definition) is 8. The maximum atomic E-state index is 14.3. The van der Waals surface area contributed by atoms with E-state index in [4.69, 9.17) is 24.2 Å². The van der Waals surface area contributed by atoms with Gasteiger partial charge in [-0.05, 0) is 38.1 Å². The molecule has 2 aliphatic heterocycles. The highest BCUT2D eigenvalue weighted by atomic mass is 19.1. The summed E-state index contributed by atoms with van der Waals surface area (Å²) < 4.78 is 27.6. The van der Waals surface area contributed by atoms with Gasteiger partial charge in [-0.1, -0.05) is 12.1 Å². The van der Waals surface area contributed by atoms with Gasteiger partial charge in [0, 0.05) is 57.6 Å². The van der Waals surface area contributed by atoms with Crippen LogP contribution in [0.4, 0.5) is 16.0 Å². The Labute approximate surface area is 209 Å². The van der Waals surface area contributed by atoms with Crippen molar-refractivity contribution in [2.45, 2.75) is 32.6 Å². The van der Waals surface area contributed by atoms with E-state index in [2.05, 4.69) is 28.5 Å². The predicted molar refractivity (Wildman–Crippen MR) is 135 cm³/mol. The first-order valence-electron chi connectivity index (χ1n) is 12.5. The fraction of sp³-hybridized carbons (Fsp3) is 0.423. The van der Waals surface area contributed by atoms with Crippen molar-refractivity contribution in [2.75, 3.05) is 49.1 Å². The molecule has 1 aromatic carbocycles. The van der Waals surface area contributed by atoms with Crippen LogP contribution in [0.2, 0.25) is 0 Å². The second-order valence-electron chi connectivity index (χ2n) is 9.61. The van der Waals surface area contributed by atoms with Crippen molar-refractivity contribution in [3.8, 4) is 11.6 Å². The van der Waals surface area contributed by atoms with Gasteiger partial charge in [0.25, 0.3) is 0 Å². The number of aromatic nitrogens is 4. The van der Waals surface area contributed by atoms with Crippen LogP contribution in [0.15, 0.2) is 53.3 Å². The topological polar surface area (TPSA) is 75.2 Å². The van der Waals surface area contributed by atoms with Crippen LogP contribution in [-0.2, 0) is 11.3 Å². The molecule has 2 unspecified atom stereocenters. The largest absolute Gasteiger partial charge is 0.461 e. The van der Waals surface area contributed by atoms with E-state index in [0.29, 0.717) is 23.8 Å². The number of halogens is 1. The second kappa shape index (κ2) is 9.51. The average Bonchev–Trinajstić information content (AvgIpc) is 3.55. The van der Waals surface area contributed by atoms with Gasteiger partial charge in [0.2, 0.25) is 11.8 Å². The fourth-order valence-electron chi connectivity index (χ4n) is 5.18. The number of benzene rings is 1. The molecule has 0 aliphatic carbocycles. The Morgan fingerprint density at radius 2 is 1.75 bits per heavy atom. The second-order valence-corrected chi connectivity index (χ2v) is 9.61. The molecule has 2 fully saturated rings. The highest BCUT2D eigenvalue weighted by Crippen LogP contribution is 2.26. The average molecular weight is 492 g/mol. The van der Waals surface area contributed by atoms with Gasteiger partial charge < -0.3 is 19.0 Å². The van der Waals surface area contributed by atoms with Crippen LogP contribution in [0.5, 0.6) is 0 Å². The lowest BCUT2D eigenvalue weighted by Crippen LogP contribution is -2.47. The molecule has 0 radical (unpaired) electrons. The van der Waals surface area contributed by atoms with Crippen molar-refractivity contribution in [1.29, 1.82) is 0 Å². The number of nitrogens with zero attached hydrogens (tertiary/aromatic N) is 7. The molecular formula is C26H30FN7O2. The molecule has 9 nitrogen and oxygen atoms in total. The molecule has 10 heteroatoms. The van der Waals surface area contributed by atoms with E-state index in [9.17, 15) is 4.39 Å². The lowest BCUT2D eigenvalue weighted by molar-refractivity contribution is -0.00584. The Morgan fingerprint density at radius 1 is 0.972 bits per heavy atom. The summed E-state index contributed by atoms with van der Waals surface area (Å²) in [5.74, 6) is 1.74. The van der Waals surface area contributed by atoms with Crippen LogP contribution in [0.25, 0.3) is 17.2 Å². The third-order valence-corrected chi connectivity index (χ3v) is 6.82. The van der Waals surface area contributed by atoms with Gasteiger partial charge in [0.15, 0.2) is 11.4 Å². The molecule has 2 saturated heterocycles. The first-order chi connectivity index (χ1) is 17.5. The number of para-hydroxylation sites is 1. The molecule has 5 heterocycles. The lowest BCUT2D eigenvalue weighted by Gasteiger charge is -2.37. The van der Waals surface area contributed by atoms with Gasteiger partial charge in [-0.15, -0.1) is 5.10 Å². The van der Waals surface area contributed by atoms with Gasteiger partial charge in [-0.2, -0.15) is 4.52 Å². The first-order valence-corrected chi connectivity index (χ1v) is 12.5. The molecule has 0 saturated carbocycles. The lowest BCUT2D eigenvalue weighted by atomic mass is 10.2. The Kier molecular flexibility index (Phi) is 6.06. The summed E-state index contributed by atoms with van der Waals surface area (Å²) in [6, 6.07) is 10.7. The van der Waals surface area contributed by atoms with Crippen molar-refractivity contribution in [3.63, 3.8) is 0 Å². The van der Waals surface area contributed by atoms with Crippen LogP contribution in [-0.4, -0.2) is 76.0 Å². The van der Waals surface area contributed by atoms with Gasteiger partial charge in [0.1, 0.15) is 5.82 Å². The summed E-state index contributed by atoms with van der Waals surface area (Å²) in [7, 11) is 0. The Morgan fingerprint density at radius 3 is 2.47 bits per heavy atom. The van der Waals surface area contributed by atoms with E-state index in [1.165, 1.54) is 6.07 Å².